The first-order chi connectivity index (χ1) is 13.1. The van der Waals surface area contributed by atoms with E-state index in [1.54, 1.807) is 16.5 Å². The smallest absolute Gasteiger partial charge is 0.256 e. The van der Waals surface area contributed by atoms with Gasteiger partial charge in [-0.25, -0.2) is 12.8 Å². The van der Waals surface area contributed by atoms with Crippen LogP contribution >= 0.6 is 0 Å². The van der Waals surface area contributed by atoms with Crippen molar-refractivity contribution in [1.82, 2.24) is 19.2 Å². The monoisotopic (exact) mass is 384 g/mol. The Hall–Kier alpha value is -2.87. The van der Waals surface area contributed by atoms with Crippen molar-refractivity contribution < 1.29 is 13.2 Å². The fourth-order valence-electron chi connectivity index (χ4n) is 3.16. The molecule has 0 fully saturated rings. The number of rotatable bonds is 7. The molecule has 0 amide bonds. The van der Waals surface area contributed by atoms with Crippen LogP contribution in [-0.4, -0.2) is 39.9 Å². The van der Waals surface area contributed by atoms with Gasteiger partial charge in [0.05, 0.1) is 16.8 Å². The summed E-state index contributed by atoms with van der Waals surface area (Å²) in [6.07, 6.45) is 0.911. The third-order valence-electron chi connectivity index (χ3n) is 4.36. The fourth-order valence-corrected chi connectivity index (χ4v) is 4.27. The van der Waals surface area contributed by atoms with Gasteiger partial charge >= 0.3 is 0 Å². The number of benzene rings is 2. The van der Waals surface area contributed by atoms with E-state index in [2.05, 4.69) is 17.1 Å². The van der Waals surface area contributed by atoms with Crippen LogP contribution in [-0.2, 0) is 16.4 Å². The van der Waals surface area contributed by atoms with Crippen molar-refractivity contribution in [3.8, 4) is 5.75 Å². The lowest BCUT2D eigenvalue weighted by Gasteiger charge is -2.06. The van der Waals surface area contributed by atoms with Gasteiger partial charge in [0.1, 0.15) is 12.4 Å². The number of para-hydroxylation sites is 3. The largest absolute Gasteiger partial charge is 0.493 e. The first-order valence-corrected chi connectivity index (χ1v) is 10.5. The van der Waals surface area contributed by atoms with E-state index in [9.17, 15) is 8.42 Å². The standard InChI is InChI=1S/C19H20N4O3S/c1-2-12-22-16-10-6-7-11-17(16)23-18(22)20-21-19(23)27(24,25)14-13-26-15-8-4-3-5-9-15/h3-11H,2,12-14H2,1H3. The summed E-state index contributed by atoms with van der Waals surface area (Å²) in [6.45, 7) is 2.86. The average molecular weight is 384 g/mol. The second-order valence-corrected chi connectivity index (χ2v) is 8.24. The van der Waals surface area contributed by atoms with Crippen molar-refractivity contribution in [1.29, 1.82) is 0 Å². The van der Waals surface area contributed by atoms with Crippen LogP contribution in [0.5, 0.6) is 5.75 Å². The molecule has 0 aliphatic rings. The van der Waals surface area contributed by atoms with E-state index in [1.807, 2.05) is 47.0 Å². The molecule has 0 aliphatic heterocycles. The van der Waals surface area contributed by atoms with Crippen LogP contribution in [0.3, 0.4) is 0 Å². The van der Waals surface area contributed by atoms with Gasteiger partial charge in [-0.05, 0) is 30.7 Å². The van der Waals surface area contributed by atoms with Gasteiger partial charge in [0.25, 0.3) is 5.16 Å². The highest BCUT2D eigenvalue weighted by Crippen LogP contribution is 2.24. The molecule has 8 heteroatoms. The normalized spacial score (nSPS) is 12.0. The summed E-state index contributed by atoms with van der Waals surface area (Å²) in [4.78, 5) is 0. The first-order valence-electron chi connectivity index (χ1n) is 8.85. The number of sulfone groups is 1. The molecule has 2 aromatic heterocycles. The van der Waals surface area contributed by atoms with Gasteiger partial charge in [-0.3, -0.25) is 0 Å². The molecule has 0 saturated carbocycles. The minimum atomic E-state index is -3.66. The molecule has 0 aliphatic carbocycles. The molecule has 0 N–H and O–H groups in total. The maximum Gasteiger partial charge on any atom is 0.256 e. The van der Waals surface area contributed by atoms with Gasteiger partial charge in [-0.15, -0.1) is 10.2 Å². The van der Waals surface area contributed by atoms with E-state index in [0.717, 1.165) is 24.0 Å². The van der Waals surface area contributed by atoms with Gasteiger partial charge in [0.2, 0.25) is 15.6 Å². The van der Waals surface area contributed by atoms with Gasteiger partial charge in [0, 0.05) is 6.54 Å². The molecule has 0 atom stereocenters. The summed E-state index contributed by atoms with van der Waals surface area (Å²) in [6, 6.07) is 16.8. The molecule has 2 heterocycles. The van der Waals surface area contributed by atoms with E-state index < -0.39 is 9.84 Å². The van der Waals surface area contributed by atoms with Crippen molar-refractivity contribution in [3.05, 3.63) is 54.6 Å². The molecule has 2 aromatic carbocycles. The molecule has 0 bridgehead atoms. The van der Waals surface area contributed by atoms with E-state index in [4.69, 9.17) is 4.74 Å². The van der Waals surface area contributed by atoms with Crippen molar-refractivity contribution >= 4 is 26.6 Å². The lowest BCUT2D eigenvalue weighted by Crippen LogP contribution is -2.16. The Morgan fingerprint density at radius 1 is 0.963 bits per heavy atom. The molecule has 27 heavy (non-hydrogen) atoms. The summed E-state index contributed by atoms with van der Waals surface area (Å²) in [5.74, 6) is 1.01. The molecule has 140 valence electrons. The highest BCUT2D eigenvalue weighted by Gasteiger charge is 2.25. The van der Waals surface area contributed by atoms with Crippen molar-refractivity contribution in [2.75, 3.05) is 12.4 Å². The zero-order valence-electron chi connectivity index (χ0n) is 14.9. The number of ether oxygens (including phenoxy) is 1. The van der Waals surface area contributed by atoms with Crippen LogP contribution in [0.1, 0.15) is 13.3 Å². The predicted octanol–water partition coefficient (Wildman–Crippen LogP) is 2.95. The Morgan fingerprint density at radius 3 is 2.41 bits per heavy atom. The third kappa shape index (κ3) is 3.16. The zero-order chi connectivity index (χ0) is 18.9. The van der Waals surface area contributed by atoms with E-state index in [-0.39, 0.29) is 17.5 Å². The van der Waals surface area contributed by atoms with Crippen LogP contribution in [0.2, 0.25) is 0 Å². The minimum Gasteiger partial charge on any atom is -0.493 e. The van der Waals surface area contributed by atoms with Crippen molar-refractivity contribution in [3.63, 3.8) is 0 Å². The molecule has 4 rings (SSSR count). The maximum absolute atomic E-state index is 12.9. The number of imidazole rings is 1. The lowest BCUT2D eigenvalue weighted by atomic mass is 10.3. The van der Waals surface area contributed by atoms with Crippen molar-refractivity contribution in [2.24, 2.45) is 0 Å². The van der Waals surface area contributed by atoms with E-state index >= 15 is 0 Å². The molecule has 0 saturated heterocycles. The second kappa shape index (κ2) is 7.03. The molecule has 0 spiro atoms. The number of aromatic nitrogens is 4. The Kier molecular flexibility index (Phi) is 4.57. The Labute approximate surface area is 157 Å². The molecular formula is C19H20N4O3S. The summed E-state index contributed by atoms with van der Waals surface area (Å²) >= 11 is 0. The number of nitrogens with zero attached hydrogens (tertiary/aromatic N) is 4. The number of aryl methyl sites for hydroxylation is 1. The fraction of sp³-hybridized carbons (Fsp3) is 0.263. The maximum atomic E-state index is 12.9. The summed E-state index contributed by atoms with van der Waals surface area (Å²) in [5.41, 5.74) is 1.73. The van der Waals surface area contributed by atoms with Gasteiger partial charge in [-0.2, -0.15) is 0 Å². The van der Waals surface area contributed by atoms with Crippen LogP contribution < -0.4 is 4.74 Å². The van der Waals surface area contributed by atoms with E-state index in [1.165, 1.54) is 0 Å². The summed E-state index contributed by atoms with van der Waals surface area (Å²) < 4.78 is 35.0. The SMILES string of the molecule is CCCn1c2ccccc2n2c(S(=O)(=O)CCOc3ccccc3)nnc12. The van der Waals surface area contributed by atoms with Crippen LogP contribution in [0.4, 0.5) is 0 Å². The van der Waals surface area contributed by atoms with Crippen LogP contribution in [0.25, 0.3) is 16.8 Å². The van der Waals surface area contributed by atoms with E-state index in [0.29, 0.717) is 11.5 Å². The second-order valence-electron chi connectivity index (χ2n) is 6.24. The average Bonchev–Trinajstić information content (AvgIpc) is 3.23. The quantitative estimate of drug-likeness (QED) is 0.489. The predicted molar refractivity (Wildman–Crippen MR) is 103 cm³/mol. The Morgan fingerprint density at radius 2 is 1.67 bits per heavy atom. The first kappa shape index (κ1) is 17.5. The Balaban J connectivity index is 1.69. The topological polar surface area (TPSA) is 78.5 Å². The highest BCUT2D eigenvalue weighted by atomic mass is 32.2. The van der Waals surface area contributed by atoms with Gasteiger partial charge < -0.3 is 9.30 Å². The number of fused-ring (bicyclic) bond motifs is 3. The molecule has 4 aromatic rings. The highest BCUT2D eigenvalue weighted by molar-refractivity contribution is 7.91. The van der Waals surface area contributed by atoms with Crippen LogP contribution in [0, 0.1) is 0 Å². The van der Waals surface area contributed by atoms with Crippen LogP contribution in [0.15, 0.2) is 59.8 Å². The summed E-state index contributed by atoms with van der Waals surface area (Å²) in [5, 5.41) is 8.12. The summed E-state index contributed by atoms with van der Waals surface area (Å²) in [7, 11) is -3.66. The zero-order valence-corrected chi connectivity index (χ0v) is 15.8. The van der Waals surface area contributed by atoms with Gasteiger partial charge in [0.15, 0.2) is 0 Å². The molecule has 7 nitrogen and oxygen atoms in total. The molecular weight excluding hydrogens is 364 g/mol. The molecule has 0 radical (unpaired) electrons. The lowest BCUT2D eigenvalue weighted by molar-refractivity contribution is 0.340. The van der Waals surface area contributed by atoms with Crippen molar-refractivity contribution in [2.45, 2.75) is 25.0 Å². The number of hydrogen-bond acceptors (Lipinski definition) is 5. The minimum absolute atomic E-state index is 0.0415. The van der Waals surface area contributed by atoms with Gasteiger partial charge in [-0.1, -0.05) is 37.3 Å². The third-order valence-corrected chi connectivity index (χ3v) is 5.89. The molecule has 0 unspecified atom stereocenters. The Bertz CT molecular complexity index is 1180. The number of hydrogen-bond donors (Lipinski definition) is 0.